The van der Waals surface area contributed by atoms with Crippen LogP contribution in [0, 0.1) is 0 Å². The van der Waals surface area contributed by atoms with Crippen molar-refractivity contribution in [2.45, 2.75) is 25.8 Å². The van der Waals surface area contributed by atoms with Gasteiger partial charge in [0.1, 0.15) is 5.75 Å². The van der Waals surface area contributed by atoms with Gasteiger partial charge in [-0.05, 0) is 43.0 Å². The van der Waals surface area contributed by atoms with Gasteiger partial charge in [0.15, 0.2) is 0 Å². The largest absolute Gasteiger partial charge is 0.508 e. The van der Waals surface area contributed by atoms with Gasteiger partial charge in [0, 0.05) is 32.2 Å². The van der Waals surface area contributed by atoms with Gasteiger partial charge < -0.3 is 14.7 Å². The third-order valence-corrected chi connectivity index (χ3v) is 4.45. The van der Waals surface area contributed by atoms with E-state index in [2.05, 4.69) is 4.90 Å². The number of amides is 1. The zero-order valence-corrected chi connectivity index (χ0v) is 12.4. The zero-order chi connectivity index (χ0) is 14.8. The monoisotopic (exact) mass is 290 g/mol. The molecule has 21 heavy (non-hydrogen) atoms. The smallest absolute Gasteiger partial charge is 0.409 e. The van der Waals surface area contributed by atoms with Crippen LogP contribution in [-0.4, -0.2) is 53.8 Å². The standard InChI is InChI=1S/C16H22N2O3/c1-2-21-16(20)18-9-7-17(8-10-18)15-6-3-12-11-13(19)4-5-14(12)15/h4-5,11,15,19H,2-3,6-10H2,1H3. The molecule has 1 aliphatic heterocycles. The van der Waals surface area contributed by atoms with Crippen LogP contribution < -0.4 is 0 Å². The molecule has 0 saturated carbocycles. The predicted octanol–water partition coefficient (Wildman–Crippen LogP) is 2.15. The molecule has 114 valence electrons. The number of aryl methyl sites for hydroxylation is 1. The number of benzene rings is 1. The summed E-state index contributed by atoms with van der Waals surface area (Å²) in [6, 6.07) is 6.11. The molecule has 1 fully saturated rings. The van der Waals surface area contributed by atoms with Gasteiger partial charge in [-0.25, -0.2) is 4.79 Å². The molecule has 3 rings (SSSR count). The third kappa shape index (κ3) is 2.83. The van der Waals surface area contributed by atoms with Gasteiger partial charge in [-0.1, -0.05) is 6.07 Å². The van der Waals surface area contributed by atoms with Crippen LogP contribution in [0.25, 0.3) is 0 Å². The van der Waals surface area contributed by atoms with Crippen molar-refractivity contribution >= 4 is 6.09 Å². The highest BCUT2D eigenvalue weighted by Gasteiger charge is 2.31. The van der Waals surface area contributed by atoms with Crippen molar-refractivity contribution in [2.24, 2.45) is 0 Å². The molecule has 5 heteroatoms. The van der Waals surface area contributed by atoms with E-state index in [1.807, 2.05) is 19.1 Å². The van der Waals surface area contributed by atoms with Crippen LogP contribution in [0.2, 0.25) is 0 Å². The molecule has 0 bridgehead atoms. The Bertz CT molecular complexity index is 524. The SMILES string of the molecule is CCOC(=O)N1CCN(C2CCc3cc(O)ccc32)CC1. The van der Waals surface area contributed by atoms with Crippen LogP contribution in [-0.2, 0) is 11.2 Å². The minimum atomic E-state index is -0.200. The number of nitrogens with zero attached hydrogens (tertiary/aromatic N) is 2. The van der Waals surface area contributed by atoms with E-state index in [1.54, 1.807) is 11.0 Å². The quantitative estimate of drug-likeness (QED) is 0.907. The van der Waals surface area contributed by atoms with Crippen molar-refractivity contribution in [2.75, 3.05) is 32.8 Å². The molecule has 0 spiro atoms. The second kappa shape index (κ2) is 5.93. The van der Waals surface area contributed by atoms with Crippen LogP contribution in [0.1, 0.15) is 30.5 Å². The van der Waals surface area contributed by atoms with Gasteiger partial charge in [-0.3, -0.25) is 4.90 Å². The van der Waals surface area contributed by atoms with Crippen LogP contribution in [0.3, 0.4) is 0 Å². The molecule has 1 unspecified atom stereocenters. The molecule has 1 heterocycles. The van der Waals surface area contributed by atoms with Crippen molar-refractivity contribution in [1.29, 1.82) is 0 Å². The van der Waals surface area contributed by atoms with Gasteiger partial charge in [-0.2, -0.15) is 0 Å². The molecule has 1 aliphatic carbocycles. The summed E-state index contributed by atoms with van der Waals surface area (Å²) in [7, 11) is 0. The van der Waals surface area contributed by atoms with Gasteiger partial charge >= 0.3 is 6.09 Å². The number of hydrogen-bond acceptors (Lipinski definition) is 4. The predicted molar refractivity (Wildman–Crippen MR) is 79.3 cm³/mol. The summed E-state index contributed by atoms with van der Waals surface area (Å²) in [6.45, 7) is 5.47. The maximum atomic E-state index is 11.7. The molecule has 1 amide bonds. The number of phenols is 1. The van der Waals surface area contributed by atoms with Gasteiger partial charge in [0.2, 0.25) is 0 Å². The van der Waals surface area contributed by atoms with Crippen molar-refractivity contribution in [3.8, 4) is 5.75 Å². The summed E-state index contributed by atoms with van der Waals surface area (Å²) in [6.07, 6.45) is 1.92. The molecule has 1 atom stereocenters. The second-order valence-corrected chi connectivity index (χ2v) is 5.66. The normalized spacial score (nSPS) is 22.1. The van der Waals surface area contributed by atoms with E-state index in [0.717, 1.165) is 39.0 Å². The summed E-state index contributed by atoms with van der Waals surface area (Å²) in [5, 5.41) is 9.57. The average molecular weight is 290 g/mol. The number of ether oxygens (including phenoxy) is 1. The summed E-state index contributed by atoms with van der Waals surface area (Å²) < 4.78 is 5.05. The highest BCUT2D eigenvalue weighted by atomic mass is 16.6. The lowest BCUT2D eigenvalue weighted by molar-refractivity contribution is 0.0660. The average Bonchev–Trinajstić information content (AvgIpc) is 2.90. The summed E-state index contributed by atoms with van der Waals surface area (Å²) >= 11 is 0. The topological polar surface area (TPSA) is 53.0 Å². The molecular formula is C16H22N2O3. The first-order valence-electron chi connectivity index (χ1n) is 7.66. The Hall–Kier alpha value is -1.75. The van der Waals surface area contributed by atoms with Crippen LogP contribution in [0.5, 0.6) is 5.75 Å². The van der Waals surface area contributed by atoms with Crippen molar-refractivity contribution < 1.29 is 14.6 Å². The lowest BCUT2D eigenvalue weighted by Crippen LogP contribution is -2.49. The fourth-order valence-electron chi connectivity index (χ4n) is 3.39. The molecule has 2 aliphatic rings. The van der Waals surface area contributed by atoms with Crippen molar-refractivity contribution in [1.82, 2.24) is 9.80 Å². The number of aromatic hydroxyl groups is 1. The number of carbonyl (C=O) groups excluding carboxylic acids is 1. The van der Waals surface area contributed by atoms with Gasteiger partial charge in [-0.15, -0.1) is 0 Å². The van der Waals surface area contributed by atoms with E-state index in [4.69, 9.17) is 4.74 Å². The number of rotatable bonds is 2. The summed E-state index contributed by atoms with van der Waals surface area (Å²) in [5.41, 5.74) is 2.59. The van der Waals surface area contributed by atoms with Crippen molar-refractivity contribution in [3.05, 3.63) is 29.3 Å². The number of hydrogen-bond donors (Lipinski definition) is 1. The fourth-order valence-corrected chi connectivity index (χ4v) is 3.39. The Morgan fingerprint density at radius 2 is 2.10 bits per heavy atom. The molecule has 0 aromatic heterocycles. The van der Waals surface area contributed by atoms with E-state index < -0.39 is 0 Å². The van der Waals surface area contributed by atoms with Crippen LogP contribution in [0.4, 0.5) is 4.79 Å². The van der Waals surface area contributed by atoms with Crippen LogP contribution >= 0.6 is 0 Å². The Morgan fingerprint density at radius 1 is 1.33 bits per heavy atom. The minimum absolute atomic E-state index is 0.200. The van der Waals surface area contributed by atoms with Gasteiger partial charge in [0.05, 0.1) is 6.61 Å². The molecule has 1 saturated heterocycles. The maximum Gasteiger partial charge on any atom is 0.409 e. The zero-order valence-electron chi connectivity index (χ0n) is 12.4. The number of piperazine rings is 1. The number of fused-ring (bicyclic) bond motifs is 1. The lowest BCUT2D eigenvalue weighted by atomic mass is 10.1. The first-order chi connectivity index (χ1) is 10.2. The Labute approximate surface area is 125 Å². The van der Waals surface area contributed by atoms with Gasteiger partial charge in [0.25, 0.3) is 0 Å². The Balaban J connectivity index is 1.63. The van der Waals surface area contributed by atoms with E-state index in [1.165, 1.54) is 11.1 Å². The highest BCUT2D eigenvalue weighted by molar-refractivity contribution is 5.67. The number of carbonyl (C=O) groups is 1. The van der Waals surface area contributed by atoms with E-state index in [-0.39, 0.29) is 6.09 Å². The fraction of sp³-hybridized carbons (Fsp3) is 0.562. The second-order valence-electron chi connectivity index (χ2n) is 5.66. The molecule has 1 N–H and O–H groups in total. The molecule has 0 radical (unpaired) electrons. The highest BCUT2D eigenvalue weighted by Crippen LogP contribution is 2.37. The maximum absolute atomic E-state index is 11.7. The summed E-state index contributed by atoms with van der Waals surface area (Å²) in [5.74, 6) is 0.349. The Morgan fingerprint density at radius 3 is 2.81 bits per heavy atom. The van der Waals surface area contributed by atoms with Crippen LogP contribution in [0.15, 0.2) is 18.2 Å². The first kappa shape index (κ1) is 14.2. The third-order valence-electron chi connectivity index (χ3n) is 4.45. The summed E-state index contributed by atoms with van der Waals surface area (Å²) in [4.78, 5) is 15.9. The lowest BCUT2D eigenvalue weighted by Gasteiger charge is -2.37. The first-order valence-corrected chi connectivity index (χ1v) is 7.66. The van der Waals surface area contributed by atoms with E-state index in [9.17, 15) is 9.90 Å². The molecule has 5 nitrogen and oxygen atoms in total. The van der Waals surface area contributed by atoms with E-state index in [0.29, 0.717) is 18.4 Å². The number of phenolic OH excluding ortho intramolecular Hbond substituents is 1. The van der Waals surface area contributed by atoms with E-state index >= 15 is 0 Å². The Kier molecular flexibility index (Phi) is 4.01. The van der Waals surface area contributed by atoms with Crippen molar-refractivity contribution in [3.63, 3.8) is 0 Å². The molecule has 1 aromatic carbocycles. The molecule has 1 aromatic rings. The molecular weight excluding hydrogens is 268 g/mol. The minimum Gasteiger partial charge on any atom is -0.508 e.